The van der Waals surface area contributed by atoms with Crippen molar-refractivity contribution >= 4 is 17.6 Å². The van der Waals surface area contributed by atoms with Crippen LogP contribution in [-0.4, -0.2) is 48.9 Å². The molecule has 0 aliphatic carbocycles. The molecule has 162 valence electrons. The van der Waals surface area contributed by atoms with Crippen molar-refractivity contribution < 1.29 is 24.1 Å². The highest BCUT2D eigenvalue weighted by molar-refractivity contribution is 6.30. The highest BCUT2D eigenvalue weighted by Gasteiger charge is 2.38. The summed E-state index contributed by atoms with van der Waals surface area (Å²) in [5, 5.41) is 10.4. The first kappa shape index (κ1) is 22.2. The number of likely N-dealkylation sites (tertiary alicyclic amines) is 1. The Morgan fingerprint density at radius 1 is 1.13 bits per heavy atom. The number of hydrogen-bond acceptors (Lipinski definition) is 5. The number of carbonyl (C=O) groups is 1. The molecule has 30 heavy (non-hydrogen) atoms. The molecule has 1 N–H and O–H groups in total. The van der Waals surface area contributed by atoms with Crippen LogP contribution < -0.4 is 14.2 Å². The predicted octanol–water partition coefficient (Wildman–Crippen LogP) is 4.78. The Hall–Kier alpha value is -2.44. The summed E-state index contributed by atoms with van der Waals surface area (Å²) in [4.78, 5) is 14.0. The highest BCUT2D eigenvalue weighted by Crippen LogP contribution is 2.42. The molecule has 1 aliphatic rings. The van der Waals surface area contributed by atoms with E-state index in [4.69, 9.17) is 25.8 Å². The first-order valence-electron chi connectivity index (χ1n) is 10.2. The van der Waals surface area contributed by atoms with E-state index in [-0.39, 0.29) is 6.04 Å². The third kappa shape index (κ3) is 4.65. The molecule has 2 atom stereocenters. The third-order valence-corrected chi connectivity index (χ3v) is 5.52. The molecule has 1 saturated heterocycles. The molecule has 7 heteroatoms. The van der Waals surface area contributed by atoms with Gasteiger partial charge < -0.3 is 19.3 Å². The Morgan fingerprint density at radius 3 is 2.50 bits per heavy atom. The summed E-state index contributed by atoms with van der Waals surface area (Å²) in [7, 11) is 1.60. The second-order valence-corrected chi connectivity index (χ2v) is 7.53. The predicted molar refractivity (Wildman–Crippen MR) is 116 cm³/mol. The number of aliphatic carboxylic acids is 1. The number of ether oxygens (including phenoxy) is 3. The second kappa shape index (κ2) is 10.0. The Bertz CT molecular complexity index is 888. The van der Waals surface area contributed by atoms with Crippen molar-refractivity contribution in [1.29, 1.82) is 0 Å². The largest absolute Gasteiger partial charge is 0.496 e. The van der Waals surface area contributed by atoms with E-state index in [1.54, 1.807) is 13.2 Å². The van der Waals surface area contributed by atoms with E-state index in [0.717, 1.165) is 17.5 Å². The van der Waals surface area contributed by atoms with Gasteiger partial charge in [0.1, 0.15) is 11.8 Å². The van der Waals surface area contributed by atoms with Crippen LogP contribution in [-0.2, 0) is 4.79 Å². The highest BCUT2D eigenvalue weighted by atomic mass is 35.5. The summed E-state index contributed by atoms with van der Waals surface area (Å²) in [5.74, 6) is 1.13. The third-order valence-electron chi connectivity index (χ3n) is 5.28. The van der Waals surface area contributed by atoms with Gasteiger partial charge in [0.05, 0.1) is 26.4 Å². The van der Waals surface area contributed by atoms with Crippen LogP contribution in [0.2, 0.25) is 5.02 Å². The smallest absolute Gasteiger partial charge is 0.320 e. The lowest BCUT2D eigenvalue weighted by atomic mass is 9.95. The Morgan fingerprint density at radius 2 is 1.83 bits per heavy atom. The lowest BCUT2D eigenvalue weighted by Crippen LogP contribution is -2.39. The van der Waals surface area contributed by atoms with Gasteiger partial charge in [0.15, 0.2) is 11.5 Å². The van der Waals surface area contributed by atoms with E-state index in [0.29, 0.717) is 48.5 Å². The summed E-state index contributed by atoms with van der Waals surface area (Å²) in [6, 6.07) is 10.3. The fourth-order valence-corrected chi connectivity index (χ4v) is 4.25. The molecule has 1 fully saturated rings. The molecule has 0 radical (unpaired) electrons. The van der Waals surface area contributed by atoms with Crippen LogP contribution in [0, 0.1) is 0 Å². The average molecular weight is 434 g/mol. The molecular weight excluding hydrogens is 406 g/mol. The van der Waals surface area contributed by atoms with Gasteiger partial charge >= 0.3 is 5.97 Å². The molecule has 0 saturated carbocycles. The minimum Gasteiger partial charge on any atom is -0.496 e. The zero-order chi connectivity index (χ0) is 21.7. The molecule has 3 rings (SSSR count). The fraction of sp³-hybridized carbons (Fsp3) is 0.435. The minimum absolute atomic E-state index is 0.350. The number of benzene rings is 2. The maximum atomic E-state index is 12.0. The van der Waals surface area contributed by atoms with Gasteiger partial charge in [-0.2, -0.15) is 0 Å². The van der Waals surface area contributed by atoms with E-state index in [2.05, 4.69) is 0 Å². The number of methoxy groups -OCH3 is 1. The van der Waals surface area contributed by atoms with Crippen LogP contribution in [0.4, 0.5) is 0 Å². The molecule has 2 unspecified atom stereocenters. The number of carboxylic acids is 1. The van der Waals surface area contributed by atoms with Crippen molar-refractivity contribution in [2.75, 3.05) is 26.9 Å². The van der Waals surface area contributed by atoms with Crippen molar-refractivity contribution in [1.82, 2.24) is 4.90 Å². The van der Waals surface area contributed by atoms with Crippen LogP contribution in [0.15, 0.2) is 36.4 Å². The van der Waals surface area contributed by atoms with Gasteiger partial charge in [0.25, 0.3) is 0 Å². The Kier molecular flexibility index (Phi) is 7.45. The number of hydrogen-bond donors (Lipinski definition) is 1. The number of nitrogens with zero attached hydrogens (tertiary/aromatic N) is 1. The van der Waals surface area contributed by atoms with Gasteiger partial charge in [-0.1, -0.05) is 17.7 Å². The van der Waals surface area contributed by atoms with E-state index in [1.807, 2.05) is 49.1 Å². The Balaban J connectivity index is 2.16. The number of carboxylic acid groups (broad SMARTS) is 1. The molecule has 0 amide bonds. The fourth-order valence-electron chi connectivity index (χ4n) is 4.07. The van der Waals surface area contributed by atoms with Crippen molar-refractivity contribution in [3.05, 3.63) is 52.5 Å². The van der Waals surface area contributed by atoms with Crippen LogP contribution in [0.25, 0.3) is 0 Å². The van der Waals surface area contributed by atoms with Gasteiger partial charge in [-0.15, -0.1) is 0 Å². The van der Waals surface area contributed by atoms with Crippen LogP contribution >= 0.6 is 11.6 Å². The van der Waals surface area contributed by atoms with Crippen molar-refractivity contribution in [2.45, 2.75) is 38.8 Å². The zero-order valence-corrected chi connectivity index (χ0v) is 18.3. The van der Waals surface area contributed by atoms with E-state index in [9.17, 15) is 9.90 Å². The molecule has 0 aromatic heterocycles. The lowest BCUT2D eigenvalue weighted by Gasteiger charge is -2.33. The molecule has 2 aromatic rings. The molecule has 1 heterocycles. The Labute approximate surface area is 182 Å². The summed E-state index contributed by atoms with van der Waals surface area (Å²) >= 11 is 6.32. The SMILES string of the molecule is CCOc1ccc(C(c2cc(Cl)ccc2OC)N2CCCC2C(=O)O)cc1OCC. The standard InChI is InChI=1S/C23H28ClNO5/c1-4-29-20-10-8-15(13-21(20)30-5-2)22(25-12-6-7-18(25)23(26)27)17-14-16(24)9-11-19(17)28-3/h8-11,13-14,18,22H,4-7,12H2,1-3H3,(H,26,27). The maximum Gasteiger partial charge on any atom is 0.320 e. The average Bonchev–Trinajstić information content (AvgIpc) is 3.20. The summed E-state index contributed by atoms with van der Waals surface area (Å²) in [5.41, 5.74) is 1.72. The first-order valence-corrected chi connectivity index (χ1v) is 10.6. The quantitative estimate of drug-likeness (QED) is 0.613. The maximum absolute atomic E-state index is 12.0. The van der Waals surface area contributed by atoms with Gasteiger partial charge in [0, 0.05) is 17.1 Å². The minimum atomic E-state index is -0.825. The number of rotatable bonds is 9. The zero-order valence-electron chi connectivity index (χ0n) is 17.6. The van der Waals surface area contributed by atoms with Crippen LogP contribution in [0.5, 0.6) is 17.2 Å². The molecule has 6 nitrogen and oxygen atoms in total. The van der Waals surface area contributed by atoms with Crippen molar-refractivity contribution in [3.63, 3.8) is 0 Å². The monoisotopic (exact) mass is 433 g/mol. The van der Waals surface area contributed by atoms with Crippen molar-refractivity contribution in [2.24, 2.45) is 0 Å². The normalized spacial score (nSPS) is 17.5. The van der Waals surface area contributed by atoms with Gasteiger partial charge in [-0.05, 0) is 62.6 Å². The van der Waals surface area contributed by atoms with E-state index in [1.165, 1.54) is 0 Å². The van der Waals surface area contributed by atoms with Gasteiger partial charge in [-0.3, -0.25) is 9.69 Å². The van der Waals surface area contributed by atoms with Crippen LogP contribution in [0.1, 0.15) is 43.9 Å². The number of halogens is 1. The summed E-state index contributed by atoms with van der Waals surface area (Å²) in [6.45, 7) is 5.52. The second-order valence-electron chi connectivity index (χ2n) is 7.10. The lowest BCUT2D eigenvalue weighted by molar-refractivity contribution is -0.142. The summed E-state index contributed by atoms with van der Waals surface area (Å²) in [6.07, 6.45) is 1.41. The van der Waals surface area contributed by atoms with Gasteiger partial charge in [-0.25, -0.2) is 0 Å². The molecule has 0 spiro atoms. The molecular formula is C23H28ClNO5. The topological polar surface area (TPSA) is 68.2 Å². The summed E-state index contributed by atoms with van der Waals surface area (Å²) < 4.78 is 17.1. The first-order chi connectivity index (χ1) is 14.5. The molecule has 2 aromatic carbocycles. The molecule has 1 aliphatic heterocycles. The van der Waals surface area contributed by atoms with E-state index < -0.39 is 12.0 Å². The van der Waals surface area contributed by atoms with Crippen LogP contribution in [0.3, 0.4) is 0 Å². The van der Waals surface area contributed by atoms with E-state index >= 15 is 0 Å². The van der Waals surface area contributed by atoms with Gasteiger partial charge in [0.2, 0.25) is 0 Å². The molecule has 0 bridgehead atoms. The van der Waals surface area contributed by atoms with Crippen molar-refractivity contribution in [3.8, 4) is 17.2 Å².